The van der Waals surface area contributed by atoms with E-state index in [2.05, 4.69) is 206 Å². The quantitative estimate of drug-likeness (QED) is 0.0966. The zero-order valence-electron chi connectivity index (χ0n) is 27.1. The smallest absolute Gasteiger partial charge is 0.0623 e. The van der Waals surface area contributed by atoms with Gasteiger partial charge in [0.2, 0.25) is 0 Å². The molecule has 0 saturated heterocycles. The maximum absolute atomic E-state index is 2.69. The van der Waals surface area contributed by atoms with Crippen molar-refractivity contribution < 1.29 is 0 Å². The van der Waals surface area contributed by atoms with E-state index in [4.69, 9.17) is 0 Å². The van der Waals surface area contributed by atoms with E-state index in [0.717, 1.165) is 0 Å². The van der Waals surface area contributed by atoms with Gasteiger partial charge in [0, 0.05) is 0 Å². The molecule has 0 spiro atoms. The number of fused-ring (bicyclic) bond motifs is 3. The highest BCUT2D eigenvalue weighted by molar-refractivity contribution is 7.19. The van der Waals surface area contributed by atoms with Gasteiger partial charge in [-0.25, -0.2) is 0 Å². The predicted molar refractivity (Wildman–Crippen MR) is 213 cm³/mol. The van der Waals surface area contributed by atoms with Gasteiger partial charge >= 0.3 is 0 Å². The third kappa shape index (κ3) is 4.82. The summed E-state index contributed by atoms with van der Waals surface area (Å²) in [4.78, 5) is 0. The molecule has 0 aliphatic carbocycles. The molecule has 0 aliphatic heterocycles. The molecule has 49 heavy (non-hydrogen) atoms. The molecule has 0 unspecified atom stereocenters. The number of benzene rings is 9. The van der Waals surface area contributed by atoms with Crippen molar-refractivity contribution in [2.24, 2.45) is 0 Å². The van der Waals surface area contributed by atoms with Crippen LogP contribution >= 0.6 is 0 Å². The Labute approximate surface area is 288 Å². The molecule has 0 heterocycles. The molecule has 9 aromatic carbocycles. The van der Waals surface area contributed by atoms with E-state index in [1.807, 2.05) is 0 Å². The van der Waals surface area contributed by atoms with E-state index in [1.165, 1.54) is 75.3 Å². The van der Waals surface area contributed by atoms with Crippen molar-refractivity contribution in [2.75, 3.05) is 0 Å². The van der Waals surface area contributed by atoms with Crippen LogP contribution in [-0.4, -0.2) is 8.07 Å². The van der Waals surface area contributed by atoms with Crippen molar-refractivity contribution in [3.8, 4) is 22.3 Å². The zero-order valence-corrected chi connectivity index (χ0v) is 28.1. The summed E-state index contributed by atoms with van der Waals surface area (Å²) in [7, 11) is -2.69. The summed E-state index contributed by atoms with van der Waals surface area (Å²) in [5.41, 5.74) is 5.07. The Morgan fingerprint density at radius 1 is 0.245 bits per heavy atom. The highest BCUT2D eigenvalue weighted by Gasteiger charge is 2.41. The normalized spacial score (nSPS) is 11.7. The fourth-order valence-electron chi connectivity index (χ4n) is 8.07. The topological polar surface area (TPSA) is 0 Å². The minimum atomic E-state index is -2.69. The molecule has 1 heteroatoms. The number of hydrogen-bond acceptors (Lipinski definition) is 0. The summed E-state index contributed by atoms with van der Waals surface area (Å²) in [6, 6.07) is 76.5. The van der Waals surface area contributed by atoms with Crippen molar-refractivity contribution in [3.63, 3.8) is 0 Å². The molecular weight excluding hydrogens is 605 g/mol. The zero-order chi connectivity index (χ0) is 32.6. The van der Waals surface area contributed by atoms with Crippen LogP contribution in [0.15, 0.2) is 206 Å². The van der Waals surface area contributed by atoms with Crippen LogP contribution in [-0.2, 0) is 0 Å². The molecule has 0 amide bonds. The highest BCUT2D eigenvalue weighted by atomic mass is 28.3. The Hall–Kier alpha value is -6.02. The van der Waals surface area contributed by atoms with Gasteiger partial charge in [-0.1, -0.05) is 200 Å². The summed E-state index contributed by atoms with van der Waals surface area (Å²) < 4.78 is 0. The monoisotopic (exact) mass is 638 g/mol. The number of hydrogen-bond donors (Lipinski definition) is 0. The van der Waals surface area contributed by atoms with Crippen molar-refractivity contribution in [1.82, 2.24) is 0 Å². The lowest BCUT2D eigenvalue weighted by molar-refractivity contribution is 1.65. The molecule has 0 nitrogen and oxygen atoms in total. The first-order valence-corrected chi connectivity index (χ1v) is 19.0. The van der Waals surface area contributed by atoms with Crippen molar-refractivity contribution in [2.45, 2.75) is 0 Å². The fourth-order valence-corrected chi connectivity index (χ4v) is 12.9. The molecule has 9 rings (SSSR count). The fraction of sp³-hybridized carbons (Fsp3) is 0. The second-order valence-electron chi connectivity index (χ2n) is 12.8. The molecule has 9 aromatic rings. The first-order valence-electron chi connectivity index (χ1n) is 17.0. The summed E-state index contributed by atoms with van der Waals surface area (Å²) in [6.45, 7) is 0. The largest absolute Gasteiger partial charge is 0.179 e. The summed E-state index contributed by atoms with van der Waals surface area (Å²) in [5, 5.41) is 13.1. The van der Waals surface area contributed by atoms with Crippen LogP contribution in [0.2, 0.25) is 0 Å². The Balaban J connectivity index is 1.35. The van der Waals surface area contributed by atoms with Gasteiger partial charge < -0.3 is 0 Å². The first-order chi connectivity index (χ1) is 24.3. The van der Waals surface area contributed by atoms with E-state index in [1.54, 1.807) is 0 Å². The molecule has 230 valence electrons. The van der Waals surface area contributed by atoms with Crippen molar-refractivity contribution in [3.05, 3.63) is 206 Å². The minimum Gasteiger partial charge on any atom is -0.0623 e. The molecule has 0 atom stereocenters. The molecule has 0 aliphatic rings. The standard InChI is InChI=1S/C48H34Si/c1-4-20-39(21-5-1)49(40-22-6-2-7-23-40,41-24-8-3-9-25-41)42-26-16-19-37(34-42)47-43-27-12-14-29-45(43)48(46-30-15-13-28-44(46)47)38-32-31-35-17-10-11-18-36(35)33-38/h1-34H. The molecule has 0 N–H and O–H groups in total. The lowest BCUT2D eigenvalue weighted by atomic mass is 9.85. The Morgan fingerprint density at radius 2 is 0.633 bits per heavy atom. The maximum Gasteiger partial charge on any atom is 0.179 e. The molecule has 0 fully saturated rings. The lowest BCUT2D eigenvalue weighted by Crippen LogP contribution is -2.74. The average molecular weight is 639 g/mol. The maximum atomic E-state index is 2.50. The van der Waals surface area contributed by atoms with Gasteiger partial charge in [0.25, 0.3) is 0 Å². The van der Waals surface area contributed by atoms with E-state index in [-0.39, 0.29) is 0 Å². The van der Waals surface area contributed by atoms with Gasteiger partial charge in [-0.2, -0.15) is 0 Å². The van der Waals surface area contributed by atoms with Crippen LogP contribution in [0.5, 0.6) is 0 Å². The number of rotatable bonds is 6. The van der Waals surface area contributed by atoms with Crippen LogP contribution < -0.4 is 20.7 Å². The van der Waals surface area contributed by atoms with Gasteiger partial charge in [0.05, 0.1) is 0 Å². The summed E-state index contributed by atoms with van der Waals surface area (Å²) >= 11 is 0. The Bertz CT molecular complexity index is 2430. The van der Waals surface area contributed by atoms with Crippen molar-refractivity contribution in [1.29, 1.82) is 0 Å². The van der Waals surface area contributed by atoms with E-state index in [9.17, 15) is 0 Å². The van der Waals surface area contributed by atoms with Crippen LogP contribution in [0.3, 0.4) is 0 Å². The van der Waals surface area contributed by atoms with Crippen LogP contribution in [0, 0.1) is 0 Å². The average Bonchev–Trinajstić information content (AvgIpc) is 3.18. The van der Waals surface area contributed by atoms with Crippen LogP contribution in [0.25, 0.3) is 54.6 Å². The van der Waals surface area contributed by atoms with Gasteiger partial charge in [0.1, 0.15) is 0 Å². The summed E-state index contributed by atoms with van der Waals surface area (Å²) in [5.74, 6) is 0. The minimum absolute atomic E-state index is 1.25. The molecule has 0 saturated carbocycles. The molecule has 0 radical (unpaired) electrons. The van der Waals surface area contributed by atoms with Crippen LogP contribution in [0.1, 0.15) is 0 Å². The van der Waals surface area contributed by atoms with Crippen molar-refractivity contribution >= 4 is 61.1 Å². The second kappa shape index (κ2) is 12.2. The SMILES string of the molecule is c1ccc([Si](c2ccccc2)(c2ccccc2)c2cccc(-c3c4ccccc4c(-c4ccc5ccccc5c4)c4ccccc34)c2)cc1. The predicted octanol–water partition coefficient (Wildman–Crippen LogP) is 9.86. The Morgan fingerprint density at radius 3 is 1.12 bits per heavy atom. The van der Waals surface area contributed by atoms with Crippen LogP contribution in [0.4, 0.5) is 0 Å². The second-order valence-corrected chi connectivity index (χ2v) is 16.6. The third-order valence-electron chi connectivity index (χ3n) is 10.2. The van der Waals surface area contributed by atoms with E-state index >= 15 is 0 Å². The van der Waals surface area contributed by atoms with Gasteiger partial charge in [0.15, 0.2) is 8.07 Å². The van der Waals surface area contributed by atoms with Gasteiger partial charge in [-0.3, -0.25) is 0 Å². The molecule has 0 aromatic heterocycles. The van der Waals surface area contributed by atoms with Gasteiger partial charge in [-0.05, 0) is 81.4 Å². The molecular formula is C48H34Si. The van der Waals surface area contributed by atoms with E-state index in [0.29, 0.717) is 0 Å². The molecule has 0 bridgehead atoms. The van der Waals surface area contributed by atoms with Gasteiger partial charge in [-0.15, -0.1) is 0 Å². The first kappa shape index (κ1) is 29.1. The highest BCUT2D eigenvalue weighted by Crippen LogP contribution is 2.44. The summed E-state index contributed by atoms with van der Waals surface area (Å²) in [6.07, 6.45) is 0. The third-order valence-corrected chi connectivity index (χ3v) is 14.9. The Kier molecular flexibility index (Phi) is 7.26. The lowest BCUT2D eigenvalue weighted by Gasteiger charge is -2.34. The van der Waals surface area contributed by atoms with E-state index < -0.39 is 8.07 Å².